The van der Waals surface area contributed by atoms with Crippen LogP contribution in [0.1, 0.15) is 5.56 Å². The van der Waals surface area contributed by atoms with E-state index < -0.39 is 0 Å². The van der Waals surface area contributed by atoms with Crippen molar-refractivity contribution in [2.75, 3.05) is 31.1 Å². The van der Waals surface area contributed by atoms with Gasteiger partial charge in [-0.2, -0.15) is 5.10 Å². The van der Waals surface area contributed by atoms with Gasteiger partial charge in [-0.1, -0.05) is 11.6 Å². The molecule has 1 aliphatic rings. The third-order valence-corrected chi connectivity index (χ3v) is 6.08. The Labute approximate surface area is 184 Å². The Hall–Kier alpha value is -3.39. The normalized spacial score (nSPS) is 14.4. The second-order valence-electron chi connectivity index (χ2n) is 7.62. The van der Waals surface area contributed by atoms with Gasteiger partial charge < -0.3 is 14.8 Å². The molecule has 5 rings (SSSR count). The number of hydrogen-bond acceptors (Lipinski definition) is 5. The molecule has 1 fully saturated rings. The van der Waals surface area contributed by atoms with Gasteiger partial charge in [0.25, 0.3) is 0 Å². The number of anilines is 1. The van der Waals surface area contributed by atoms with Crippen molar-refractivity contribution in [3.8, 4) is 11.5 Å². The van der Waals surface area contributed by atoms with Crippen molar-refractivity contribution in [2.45, 2.75) is 13.5 Å². The summed E-state index contributed by atoms with van der Waals surface area (Å²) in [6.07, 6.45) is 5.15. The van der Waals surface area contributed by atoms with Crippen molar-refractivity contribution in [3.05, 3.63) is 59.5 Å². The second-order valence-corrected chi connectivity index (χ2v) is 8.03. The molecule has 0 bridgehead atoms. The number of amides is 1. The highest BCUT2D eigenvalue weighted by atomic mass is 35.5. The number of nitrogens with one attached hydrogen (secondary N) is 1. The number of aromatic nitrogens is 5. The lowest BCUT2D eigenvalue weighted by molar-refractivity contribution is -0.132. The van der Waals surface area contributed by atoms with Gasteiger partial charge >= 0.3 is 0 Å². The summed E-state index contributed by atoms with van der Waals surface area (Å²) in [5, 5.41) is 6.28. The molecule has 4 aromatic rings. The van der Waals surface area contributed by atoms with Crippen molar-refractivity contribution in [1.29, 1.82) is 0 Å². The van der Waals surface area contributed by atoms with E-state index in [0.717, 1.165) is 34.7 Å². The van der Waals surface area contributed by atoms with Crippen molar-refractivity contribution in [3.63, 3.8) is 0 Å². The number of carbonyl (C=O) groups is 1. The number of nitrogens with zero attached hydrogens (tertiary/aromatic N) is 6. The second kappa shape index (κ2) is 8.03. The molecule has 1 aromatic carbocycles. The number of benzene rings is 1. The fraction of sp³-hybridized carbons (Fsp3) is 0.273. The molecule has 1 saturated heterocycles. The first-order valence-corrected chi connectivity index (χ1v) is 10.6. The van der Waals surface area contributed by atoms with E-state index in [0.29, 0.717) is 30.3 Å². The largest absolute Gasteiger partial charge is 0.368 e. The monoisotopic (exact) mass is 435 g/mol. The topological polar surface area (TPSA) is 82.9 Å². The zero-order valence-electron chi connectivity index (χ0n) is 17.1. The molecule has 1 N–H and O–H groups in total. The first-order valence-electron chi connectivity index (χ1n) is 10.2. The van der Waals surface area contributed by atoms with E-state index in [1.807, 2.05) is 36.1 Å². The smallest absolute Gasteiger partial charge is 0.244 e. The Kier molecular flexibility index (Phi) is 5.07. The fourth-order valence-electron chi connectivity index (χ4n) is 3.96. The van der Waals surface area contributed by atoms with Crippen LogP contribution in [0.3, 0.4) is 0 Å². The van der Waals surface area contributed by atoms with Gasteiger partial charge in [0.05, 0.1) is 5.39 Å². The van der Waals surface area contributed by atoms with Crippen LogP contribution in [-0.4, -0.2) is 61.7 Å². The van der Waals surface area contributed by atoms with Crippen LogP contribution in [0.15, 0.2) is 48.9 Å². The molecule has 0 unspecified atom stereocenters. The first-order chi connectivity index (χ1) is 15.1. The summed E-state index contributed by atoms with van der Waals surface area (Å²) < 4.78 is 1.67. The summed E-state index contributed by atoms with van der Waals surface area (Å²) in [5.41, 5.74) is 3.57. The van der Waals surface area contributed by atoms with E-state index in [4.69, 9.17) is 11.6 Å². The third-order valence-electron chi connectivity index (χ3n) is 5.65. The van der Waals surface area contributed by atoms with Gasteiger partial charge in [0.15, 0.2) is 11.5 Å². The maximum Gasteiger partial charge on any atom is 0.244 e. The minimum Gasteiger partial charge on any atom is -0.368 e. The number of carbonyl (C=O) groups excluding carboxylic acids is 1. The van der Waals surface area contributed by atoms with Gasteiger partial charge in [-0.25, -0.2) is 14.6 Å². The fourth-order valence-corrected chi connectivity index (χ4v) is 4.07. The lowest BCUT2D eigenvalue weighted by Crippen LogP contribution is -2.49. The molecule has 8 nitrogen and oxygen atoms in total. The van der Waals surface area contributed by atoms with E-state index >= 15 is 0 Å². The van der Waals surface area contributed by atoms with Crippen LogP contribution < -0.4 is 4.90 Å². The number of aryl methyl sites for hydroxylation is 1. The SMILES string of the molecule is Cc1cc(N2CCN(C(=O)Cn3nc(-c4ncc[nH]4)c4cccnc43)CC2)ccc1Cl. The highest BCUT2D eigenvalue weighted by Crippen LogP contribution is 2.25. The molecule has 0 saturated carbocycles. The molecule has 1 amide bonds. The number of hydrogen-bond donors (Lipinski definition) is 1. The van der Waals surface area contributed by atoms with Crippen molar-refractivity contribution in [1.82, 2.24) is 29.6 Å². The number of fused-ring (bicyclic) bond motifs is 1. The third kappa shape index (κ3) is 3.74. The van der Waals surface area contributed by atoms with Crippen LogP contribution in [0.4, 0.5) is 5.69 Å². The quantitative estimate of drug-likeness (QED) is 0.532. The summed E-state index contributed by atoms with van der Waals surface area (Å²) in [4.78, 5) is 29.0. The minimum absolute atomic E-state index is 0.0352. The molecule has 3 aromatic heterocycles. The van der Waals surface area contributed by atoms with Crippen LogP contribution in [0, 0.1) is 6.92 Å². The highest BCUT2D eigenvalue weighted by Gasteiger charge is 2.24. The van der Waals surface area contributed by atoms with Crippen molar-refractivity contribution in [2.24, 2.45) is 0 Å². The number of aromatic amines is 1. The maximum absolute atomic E-state index is 13.0. The van der Waals surface area contributed by atoms with Crippen LogP contribution in [0.5, 0.6) is 0 Å². The Morgan fingerprint density at radius 1 is 1.13 bits per heavy atom. The molecule has 4 heterocycles. The van der Waals surface area contributed by atoms with Gasteiger partial charge in [0, 0.05) is 55.5 Å². The van der Waals surface area contributed by atoms with Gasteiger partial charge in [0.2, 0.25) is 5.91 Å². The Morgan fingerprint density at radius 2 is 1.97 bits per heavy atom. The summed E-state index contributed by atoms with van der Waals surface area (Å²) in [5.74, 6) is 0.698. The Morgan fingerprint density at radius 3 is 2.71 bits per heavy atom. The molecule has 0 atom stereocenters. The van der Waals surface area contributed by atoms with E-state index in [-0.39, 0.29) is 12.5 Å². The zero-order valence-corrected chi connectivity index (χ0v) is 17.9. The molecule has 0 aliphatic carbocycles. The average molecular weight is 436 g/mol. The van der Waals surface area contributed by atoms with E-state index in [1.165, 1.54) is 0 Å². The minimum atomic E-state index is 0.0352. The predicted molar refractivity (Wildman–Crippen MR) is 120 cm³/mol. The Balaban J connectivity index is 1.30. The molecule has 158 valence electrons. The van der Waals surface area contributed by atoms with Gasteiger partial charge in [-0.3, -0.25) is 4.79 Å². The van der Waals surface area contributed by atoms with Crippen molar-refractivity contribution < 1.29 is 4.79 Å². The number of piperazine rings is 1. The maximum atomic E-state index is 13.0. The van der Waals surface area contributed by atoms with Gasteiger partial charge in [-0.15, -0.1) is 0 Å². The zero-order chi connectivity index (χ0) is 21.4. The van der Waals surface area contributed by atoms with Gasteiger partial charge in [0.1, 0.15) is 12.2 Å². The molecule has 1 aliphatic heterocycles. The number of imidazole rings is 1. The average Bonchev–Trinajstić information content (AvgIpc) is 3.44. The van der Waals surface area contributed by atoms with E-state index in [1.54, 1.807) is 23.3 Å². The molecule has 31 heavy (non-hydrogen) atoms. The van der Waals surface area contributed by atoms with Crippen LogP contribution in [-0.2, 0) is 11.3 Å². The summed E-state index contributed by atoms with van der Waals surface area (Å²) in [6.45, 7) is 5.04. The molecule has 0 spiro atoms. The first kappa shape index (κ1) is 19.6. The van der Waals surface area contributed by atoms with E-state index in [2.05, 4.69) is 31.0 Å². The lowest BCUT2D eigenvalue weighted by Gasteiger charge is -2.36. The number of rotatable bonds is 4. The van der Waals surface area contributed by atoms with Crippen LogP contribution >= 0.6 is 11.6 Å². The molecular weight excluding hydrogens is 414 g/mol. The van der Waals surface area contributed by atoms with Crippen LogP contribution in [0.25, 0.3) is 22.6 Å². The van der Waals surface area contributed by atoms with Gasteiger partial charge in [-0.05, 0) is 42.8 Å². The number of pyridine rings is 1. The number of H-pyrrole nitrogens is 1. The standard InChI is InChI=1S/C22H22ClN7O/c1-15-13-16(4-5-18(15)23)28-9-11-29(12-10-28)19(31)14-30-22-17(3-2-6-26-22)20(27-30)21-24-7-8-25-21/h2-8,13H,9-12,14H2,1H3,(H,24,25). The lowest BCUT2D eigenvalue weighted by atomic mass is 10.2. The van der Waals surface area contributed by atoms with Crippen molar-refractivity contribution >= 4 is 34.2 Å². The summed E-state index contributed by atoms with van der Waals surface area (Å²) in [6, 6.07) is 9.86. The summed E-state index contributed by atoms with van der Waals surface area (Å²) >= 11 is 6.15. The van der Waals surface area contributed by atoms with Crippen LogP contribution in [0.2, 0.25) is 5.02 Å². The molecule has 9 heteroatoms. The Bertz CT molecular complexity index is 1230. The highest BCUT2D eigenvalue weighted by molar-refractivity contribution is 6.31. The molecular formula is C22H22ClN7O. The molecule has 0 radical (unpaired) electrons. The summed E-state index contributed by atoms with van der Waals surface area (Å²) in [7, 11) is 0. The number of halogens is 1. The van der Waals surface area contributed by atoms with E-state index in [9.17, 15) is 4.79 Å². The predicted octanol–water partition coefficient (Wildman–Crippen LogP) is 3.13.